The van der Waals surface area contributed by atoms with Gasteiger partial charge in [-0.2, -0.15) is 0 Å². The van der Waals surface area contributed by atoms with E-state index in [4.69, 9.17) is 32.7 Å². The van der Waals surface area contributed by atoms with Crippen molar-refractivity contribution in [2.45, 2.75) is 19.8 Å². The number of anilines is 1. The van der Waals surface area contributed by atoms with Crippen LogP contribution in [0.3, 0.4) is 0 Å². The van der Waals surface area contributed by atoms with E-state index in [0.29, 0.717) is 47.5 Å². The van der Waals surface area contributed by atoms with E-state index in [-0.39, 0.29) is 11.8 Å². The summed E-state index contributed by atoms with van der Waals surface area (Å²) in [4.78, 5) is 15.8. The summed E-state index contributed by atoms with van der Waals surface area (Å²) >= 11 is 11.8. The number of rotatable bonds is 8. The molecule has 2 aromatic rings. The Hall–Kier alpha value is -1.82. The molecule has 1 N–H and O–H groups in total. The molecule has 0 unspecified atom stereocenters. The second kappa shape index (κ2) is 9.47. The minimum Gasteiger partial charge on any atom is -0.438 e. The van der Waals surface area contributed by atoms with Crippen LogP contribution in [0.5, 0.6) is 11.6 Å². The number of hydrogen-bond acceptors (Lipinski definition) is 4. The molecule has 0 aliphatic rings. The van der Waals surface area contributed by atoms with E-state index >= 15 is 0 Å². The topological polar surface area (TPSA) is 60.5 Å². The summed E-state index contributed by atoms with van der Waals surface area (Å²) in [6.45, 7) is 3.18. The number of nitrogens with one attached hydrogen (secondary N) is 1. The van der Waals surface area contributed by atoms with Gasteiger partial charge >= 0.3 is 0 Å². The van der Waals surface area contributed by atoms with Crippen molar-refractivity contribution in [3.05, 3.63) is 46.6 Å². The van der Waals surface area contributed by atoms with Crippen LogP contribution in [-0.2, 0) is 9.53 Å². The van der Waals surface area contributed by atoms with Crippen LogP contribution in [0, 0.1) is 0 Å². The maximum absolute atomic E-state index is 11.8. The fourth-order valence-corrected chi connectivity index (χ4v) is 2.32. The van der Waals surface area contributed by atoms with Gasteiger partial charge in [0, 0.05) is 31.5 Å². The van der Waals surface area contributed by atoms with Gasteiger partial charge in [-0.25, -0.2) is 4.98 Å². The van der Waals surface area contributed by atoms with E-state index < -0.39 is 0 Å². The molecule has 2 rings (SSSR count). The summed E-state index contributed by atoms with van der Waals surface area (Å²) in [7, 11) is 0. The molecule has 0 spiro atoms. The largest absolute Gasteiger partial charge is 0.438 e. The first-order valence-electron chi connectivity index (χ1n) is 7.55. The van der Waals surface area contributed by atoms with Gasteiger partial charge in [0.2, 0.25) is 11.8 Å². The van der Waals surface area contributed by atoms with Crippen molar-refractivity contribution in [2.75, 3.05) is 18.5 Å². The molecule has 1 amide bonds. The van der Waals surface area contributed by atoms with Crippen molar-refractivity contribution in [1.29, 1.82) is 0 Å². The number of pyridine rings is 1. The summed E-state index contributed by atoms with van der Waals surface area (Å²) in [6.07, 6.45) is 2.57. The fraction of sp³-hybridized carbons (Fsp3) is 0.294. The van der Waals surface area contributed by atoms with Gasteiger partial charge in [0.05, 0.1) is 5.02 Å². The predicted octanol–water partition coefficient (Wildman–Crippen LogP) is 4.94. The Morgan fingerprint density at radius 2 is 2.00 bits per heavy atom. The molecule has 128 valence electrons. The highest BCUT2D eigenvalue weighted by Crippen LogP contribution is 2.29. The van der Waals surface area contributed by atoms with Crippen molar-refractivity contribution >= 4 is 34.8 Å². The van der Waals surface area contributed by atoms with Crippen molar-refractivity contribution in [2.24, 2.45) is 0 Å². The average molecular weight is 369 g/mol. The zero-order valence-corrected chi connectivity index (χ0v) is 14.7. The first kappa shape index (κ1) is 18.5. The van der Waals surface area contributed by atoms with Crippen LogP contribution in [0.25, 0.3) is 0 Å². The fourth-order valence-electron chi connectivity index (χ4n) is 1.90. The first-order chi connectivity index (χ1) is 11.6. The SMILES string of the molecule is CCOCCCC(=O)Nc1ccc(Oc2ncc(Cl)cc2Cl)cc1. The molecule has 0 saturated carbocycles. The number of halogens is 2. The molecule has 1 heterocycles. The van der Waals surface area contributed by atoms with Gasteiger partial charge in [0.1, 0.15) is 10.8 Å². The molecule has 0 bridgehead atoms. The number of carbonyl (C=O) groups is 1. The monoisotopic (exact) mass is 368 g/mol. The van der Waals surface area contributed by atoms with Crippen LogP contribution < -0.4 is 10.1 Å². The predicted molar refractivity (Wildman–Crippen MR) is 95.1 cm³/mol. The second-order valence-corrected chi connectivity index (χ2v) is 5.76. The van der Waals surface area contributed by atoms with Crippen LogP contribution in [0.4, 0.5) is 5.69 Å². The zero-order valence-electron chi connectivity index (χ0n) is 13.2. The van der Waals surface area contributed by atoms with E-state index in [2.05, 4.69) is 10.3 Å². The highest BCUT2D eigenvalue weighted by Gasteiger charge is 2.07. The van der Waals surface area contributed by atoms with Gasteiger partial charge in [-0.05, 0) is 43.7 Å². The van der Waals surface area contributed by atoms with Crippen LogP contribution in [0.15, 0.2) is 36.5 Å². The molecule has 5 nitrogen and oxygen atoms in total. The summed E-state index contributed by atoms with van der Waals surface area (Å²) in [6, 6.07) is 8.51. The van der Waals surface area contributed by atoms with E-state index in [9.17, 15) is 4.79 Å². The molecule has 1 aromatic carbocycles. The van der Waals surface area contributed by atoms with Crippen LogP contribution >= 0.6 is 23.2 Å². The number of hydrogen-bond donors (Lipinski definition) is 1. The van der Waals surface area contributed by atoms with Crippen LogP contribution in [0.2, 0.25) is 10.0 Å². The Bertz CT molecular complexity index is 678. The summed E-state index contributed by atoms with van der Waals surface area (Å²) in [5.74, 6) is 0.778. The summed E-state index contributed by atoms with van der Waals surface area (Å²) in [5, 5.41) is 3.59. The molecule has 7 heteroatoms. The average Bonchev–Trinajstić information content (AvgIpc) is 2.56. The molecule has 0 atom stereocenters. The Morgan fingerprint density at radius 3 is 2.67 bits per heavy atom. The second-order valence-electron chi connectivity index (χ2n) is 4.92. The maximum Gasteiger partial charge on any atom is 0.238 e. The third kappa shape index (κ3) is 6.00. The number of aromatic nitrogens is 1. The maximum atomic E-state index is 11.8. The third-order valence-corrected chi connectivity index (χ3v) is 3.50. The lowest BCUT2D eigenvalue weighted by Crippen LogP contribution is -2.12. The zero-order chi connectivity index (χ0) is 17.4. The van der Waals surface area contributed by atoms with Gasteiger partial charge in [0.25, 0.3) is 0 Å². The lowest BCUT2D eigenvalue weighted by atomic mass is 10.2. The minimum atomic E-state index is -0.0502. The molecule has 0 radical (unpaired) electrons. The van der Waals surface area contributed by atoms with Gasteiger partial charge < -0.3 is 14.8 Å². The summed E-state index contributed by atoms with van der Waals surface area (Å²) < 4.78 is 10.8. The van der Waals surface area contributed by atoms with Crippen LogP contribution in [0.1, 0.15) is 19.8 Å². The third-order valence-electron chi connectivity index (χ3n) is 3.02. The first-order valence-corrected chi connectivity index (χ1v) is 8.30. The van der Waals surface area contributed by atoms with E-state index in [1.807, 2.05) is 6.92 Å². The van der Waals surface area contributed by atoms with Gasteiger partial charge in [-0.1, -0.05) is 23.2 Å². The van der Waals surface area contributed by atoms with Gasteiger partial charge in [0.15, 0.2) is 0 Å². The van der Waals surface area contributed by atoms with E-state index in [0.717, 1.165) is 0 Å². The number of ether oxygens (including phenoxy) is 2. The van der Waals surface area contributed by atoms with Crippen molar-refractivity contribution in [1.82, 2.24) is 4.98 Å². The summed E-state index contributed by atoms with van der Waals surface area (Å²) in [5.41, 5.74) is 0.693. The Kier molecular flexibility index (Phi) is 7.31. The number of benzene rings is 1. The molecular weight excluding hydrogens is 351 g/mol. The number of carbonyl (C=O) groups excluding carboxylic acids is 1. The highest BCUT2D eigenvalue weighted by atomic mass is 35.5. The Balaban J connectivity index is 1.87. The molecule has 24 heavy (non-hydrogen) atoms. The lowest BCUT2D eigenvalue weighted by molar-refractivity contribution is -0.116. The molecule has 0 saturated heterocycles. The number of amides is 1. The molecule has 1 aromatic heterocycles. The minimum absolute atomic E-state index is 0.0502. The Labute approximate surface area is 150 Å². The molecule has 0 fully saturated rings. The van der Waals surface area contributed by atoms with Crippen molar-refractivity contribution < 1.29 is 14.3 Å². The van der Waals surface area contributed by atoms with E-state index in [1.165, 1.54) is 6.20 Å². The lowest BCUT2D eigenvalue weighted by Gasteiger charge is -2.08. The van der Waals surface area contributed by atoms with Crippen LogP contribution in [-0.4, -0.2) is 24.1 Å². The van der Waals surface area contributed by atoms with Crippen molar-refractivity contribution in [3.8, 4) is 11.6 Å². The Morgan fingerprint density at radius 1 is 1.25 bits per heavy atom. The van der Waals surface area contributed by atoms with E-state index in [1.54, 1.807) is 30.3 Å². The quantitative estimate of drug-likeness (QED) is 0.670. The van der Waals surface area contributed by atoms with Gasteiger partial charge in [-0.15, -0.1) is 0 Å². The molecular formula is C17H18Cl2N2O3. The smallest absolute Gasteiger partial charge is 0.238 e. The normalized spacial score (nSPS) is 10.5. The van der Waals surface area contributed by atoms with Crippen molar-refractivity contribution in [3.63, 3.8) is 0 Å². The number of nitrogens with zero attached hydrogens (tertiary/aromatic N) is 1. The standard InChI is InChI=1S/C17H18Cl2N2O3/c1-2-23-9-3-4-16(22)21-13-5-7-14(8-6-13)24-17-15(19)10-12(18)11-20-17/h5-8,10-11H,2-4,9H2,1H3,(H,21,22). The molecule has 0 aliphatic carbocycles. The highest BCUT2D eigenvalue weighted by molar-refractivity contribution is 6.35. The molecule has 0 aliphatic heterocycles. The van der Waals surface area contributed by atoms with Gasteiger partial charge in [-0.3, -0.25) is 4.79 Å².